The van der Waals surface area contributed by atoms with Crippen molar-refractivity contribution >= 4 is 17.6 Å². The first-order valence-electron chi connectivity index (χ1n) is 7.53. The van der Waals surface area contributed by atoms with Crippen LogP contribution in [0.15, 0.2) is 24.3 Å². The number of rotatable bonds is 3. The molecule has 1 unspecified atom stereocenters. The molecular formula is C16H23N3O3. The number of urea groups is 1. The van der Waals surface area contributed by atoms with Crippen molar-refractivity contribution in [3.8, 4) is 0 Å². The minimum Gasteiger partial charge on any atom is -0.377 e. The van der Waals surface area contributed by atoms with Crippen LogP contribution in [0.4, 0.5) is 10.5 Å². The van der Waals surface area contributed by atoms with Gasteiger partial charge in [0.15, 0.2) is 0 Å². The normalized spacial score (nSPS) is 18.2. The van der Waals surface area contributed by atoms with Gasteiger partial charge in [0.2, 0.25) is 0 Å². The molecule has 1 fully saturated rings. The number of benzene rings is 1. The van der Waals surface area contributed by atoms with Gasteiger partial charge in [0.05, 0.1) is 19.3 Å². The molecule has 0 bridgehead atoms. The van der Waals surface area contributed by atoms with Gasteiger partial charge in [0.1, 0.15) is 0 Å². The van der Waals surface area contributed by atoms with Crippen LogP contribution >= 0.6 is 0 Å². The van der Waals surface area contributed by atoms with Crippen LogP contribution in [-0.2, 0) is 4.74 Å². The number of hydrogen-bond acceptors (Lipinski definition) is 3. The largest absolute Gasteiger partial charge is 0.377 e. The molecule has 1 aliphatic heterocycles. The maximum atomic E-state index is 12.6. The Morgan fingerprint density at radius 2 is 2.14 bits per heavy atom. The first-order chi connectivity index (χ1) is 10.5. The second kappa shape index (κ2) is 7.26. The van der Waals surface area contributed by atoms with Crippen molar-refractivity contribution in [1.82, 2.24) is 10.2 Å². The van der Waals surface area contributed by atoms with E-state index >= 15 is 0 Å². The fraction of sp³-hybridized carbons (Fsp3) is 0.500. The SMILES string of the molecule is CC(C)NC(=O)Nc1cccc(C(=O)N2CCOCC2C)c1. The molecule has 0 spiro atoms. The zero-order chi connectivity index (χ0) is 16.1. The summed E-state index contributed by atoms with van der Waals surface area (Å²) in [7, 11) is 0. The lowest BCUT2D eigenvalue weighted by molar-refractivity contribution is 0.00360. The van der Waals surface area contributed by atoms with E-state index in [0.717, 1.165) is 0 Å². The second-order valence-corrected chi connectivity index (χ2v) is 5.76. The van der Waals surface area contributed by atoms with Gasteiger partial charge in [0.25, 0.3) is 5.91 Å². The first-order valence-corrected chi connectivity index (χ1v) is 7.53. The van der Waals surface area contributed by atoms with E-state index in [4.69, 9.17) is 4.74 Å². The van der Waals surface area contributed by atoms with E-state index in [2.05, 4.69) is 10.6 Å². The lowest BCUT2D eigenvalue weighted by Crippen LogP contribution is -2.47. The molecule has 0 aliphatic carbocycles. The Morgan fingerprint density at radius 1 is 1.36 bits per heavy atom. The average molecular weight is 305 g/mol. The van der Waals surface area contributed by atoms with Crippen LogP contribution in [0.2, 0.25) is 0 Å². The number of morpholine rings is 1. The third-order valence-corrected chi connectivity index (χ3v) is 3.42. The summed E-state index contributed by atoms with van der Waals surface area (Å²) in [5, 5.41) is 5.49. The minimum atomic E-state index is -0.278. The summed E-state index contributed by atoms with van der Waals surface area (Å²) in [6.07, 6.45) is 0. The van der Waals surface area contributed by atoms with E-state index in [0.29, 0.717) is 31.0 Å². The van der Waals surface area contributed by atoms with Crippen LogP contribution in [0, 0.1) is 0 Å². The fourth-order valence-electron chi connectivity index (χ4n) is 2.35. The van der Waals surface area contributed by atoms with Crippen LogP contribution in [-0.4, -0.2) is 48.7 Å². The lowest BCUT2D eigenvalue weighted by atomic mass is 10.1. The molecule has 3 amide bonds. The number of amides is 3. The molecule has 0 saturated carbocycles. The Kier molecular flexibility index (Phi) is 5.38. The molecular weight excluding hydrogens is 282 g/mol. The fourth-order valence-corrected chi connectivity index (χ4v) is 2.35. The summed E-state index contributed by atoms with van der Waals surface area (Å²) in [5.74, 6) is -0.0382. The van der Waals surface area contributed by atoms with Gasteiger partial charge >= 0.3 is 6.03 Å². The topological polar surface area (TPSA) is 70.7 Å². The van der Waals surface area contributed by atoms with Crippen LogP contribution in [0.1, 0.15) is 31.1 Å². The van der Waals surface area contributed by atoms with E-state index in [1.165, 1.54) is 0 Å². The maximum absolute atomic E-state index is 12.6. The monoisotopic (exact) mass is 305 g/mol. The quantitative estimate of drug-likeness (QED) is 0.898. The smallest absolute Gasteiger partial charge is 0.319 e. The van der Waals surface area contributed by atoms with Gasteiger partial charge < -0.3 is 20.3 Å². The Morgan fingerprint density at radius 3 is 2.82 bits per heavy atom. The summed E-state index contributed by atoms with van der Waals surface area (Å²) < 4.78 is 5.35. The second-order valence-electron chi connectivity index (χ2n) is 5.76. The summed E-state index contributed by atoms with van der Waals surface area (Å²) >= 11 is 0. The van der Waals surface area contributed by atoms with Crippen molar-refractivity contribution in [3.63, 3.8) is 0 Å². The van der Waals surface area contributed by atoms with Crippen molar-refractivity contribution in [1.29, 1.82) is 0 Å². The third-order valence-electron chi connectivity index (χ3n) is 3.42. The molecule has 2 rings (SSSR count). The Bertz CT molecular complexity index is 545. The minimum absolute atomic E-state index is 0.0382. The molecule has 2 N–H and O–H groups in total. The van der Waals surface area contributed by atoms with Crippen molar-refractivity contribution in [3.05, 3.63) is 29.8 Å². The van der Waals surface area contributed by atoms with Gasteiger partial charge in [-0.15, -0.1) is 0 Å². The van der Waals surface area contributed by atoms with Gasteiger partial charge in [0, 0.05) is 23.8 Å². The number of carbonyl (C=O) groups excluding carboxylic acids is 2. The highest BCUT2D eigenvalue weighted by Gasteiger charge is 2.24. The van der Waals surface area contributed by atoms with Gasteiger partial charge in [-0.05, 0) is 39.0 Å². The van der Waals surface area contributed by atoms with Crippen molar-refractivity contribution in [2.75, 3.05) is 25.1 Å². The zero-order valence-corrected chi connectivity index (χ0v) is 13.3. The molecule has 0 radical (unpaired) electrons. The standard InChI is InChI=1S/C16H23N3O3/c1-11(2)17-16(21)18-14-6-4-5-13(9-14)15(20)19-7-8-22-10-12(19)3/h4-6,9,11-12H,7-8,10H2,1-3H3,(H2,17,18,21). The molecule has 1 heterocycles. The highest BCUT2D eigenvalue weighted by Crippen LogP contribution is 2.16. The van der Waals surface area contributed by atoms with Crippen LogP contribution in [0.5, 0.6) is 0 Å². The van der Waals surface area contributed by atoms with Gasteiger partial charge in [-0.1, -0.05) is 6.07 Å². The number of nitrogens with zero attached hydrogens (tertiary/aromatic N) is 1. The van der Waals surface area contributed by atoms with Gasteiger partial charge in [-0.3, -0.25) is 4.79 Å². The van der Waals surface area contributed by atoms with E-state index in [1.807, 2.05) is 20.8 Å². The Labute approximate surface area is 130 Å². The van der Waals surface area contributed by atoms with Crippen LogP contribution < -0.4 is 10.6 Å². The number of nitrogens with one attached hydrogen (secondary N) is 2. The number of anilines is 1. The average Bonchev–Trinajstić information content (AvgIpc) is 2.46. The maximum Gasteiger partial charge on any atom is 0.319 e. The van der Waals surface area contributed by atoms with Crippen LogP contribution in [0.3, 0.4) is 0 Å². The number of carbonyl (C=O) groups is 2. The van der Waals surface area contributed by atoms with Crippen molar-refractivity contribution < 1.29 is 14.3 Å². The number of hydrogen-bond donors (Lipinski definition) is 2. The van der Waals surface area contributed by atoms with Gasteiger partial charge in [-0.2, -0.15) is 0 Å². The van der Waals surface area contributed by atoms with E-state index < -0.39 is 0 Å². The Balaban J connectivity index is 2.07. The molecule has 1 atom stereocenters. The molecule has 1 aliphatic rings. The van der Waals surface area contributed by atoms with E-state index in [-0.39, 0.29) is 24.0 Å². The summed E-state index contributed by atoms with van der Waals surface area (Å²) in [5.41, 5.74) is 1.17. The predicted octanol–water partition coefficient (Wildman–Crippen LogP) is 2.08. The molecule has 120 valence electrons. The first kappa shape index (κ1) is 16.3. The summed E-state index contributed by atoms with van der Waals surface area (Å²) in [6.45, 7) is 7.45. The van der Waals surface area contributed by atoms with E-state index in [9.17, 15) is 9.59 Å². The highest BCUT2D eigenvalue weighted by molar-refractivity contribution is 5.97. The lowest BCUT2D eigenvalue weighted by Gasteiger charge is -2.33. The molecule has 1 saturated heterocycles. The van der Waals surface area contributed by atoms with Crippen molar-refractivity contribution in [2.45, 2.75) is 32.9 Å². The molecule has 1 aromatic carbocycles. The summed E-state index contributed by atoms with van der Waals surface area (Å²) in [6, 6.07) is 6.82. The number of ether oxygens (including phenoxy) is 1. The predicted molar refractivity (Wildman–Crippen MR) is 85.0 cm³/mol. The Hall–Kier alpha value is -2.08. The third kappa shape index (κ3) is 4.21. The van der Waals surface area contributed by atoms with Crippen molar-refractivity contribution in [2.24, 2.45) is 0 Å². The molecule has 22 heavy (non-hydrogen) atoms. The van der Waals surface area contributed by atoms with Crippen LogP contribution in [0.25, 0.3) is 0 Å². The highest BCUT2D eigenvalue weighted by atomic mass is 16.5. The molecule has 6 nitrogen and oxygen atoms in total. The molecule has 0 aromatic heterocycles. The van der Waals surface area contributed by atoms with Gasteiger partial charge in [-0.25, -0.2) is 4.79 Å². The van der Waals surface area contributed by atoms with E-state index in [1.54, 1.807) is 29.2 Å². The zero-order valence-electron chi connectivity index (χ0n) is 13.3. The molecule has 1 aromatic rings. The molecule has 6 heteroatoms. The summed E-state index contributed by atoms with van der Waals surface area (Å²) in [4.78, 5) is 26.1.